The van der Waals surface area contributed by atoms with E-state index in [1.54, 1.807) is 18.2 Å². The quantitative estimate of drug-likeness (QED) is 0.459. The van der Waals surface area contributed by atoms with Gasteiger partial charge in [0.15, 0.2) is 0 Å². The van der Waals surface area contributed by atoms with E-state index in [2.05, 4.69) is 6.07 Å². The number of nitrogens with zero attached hydrogens (tertiary/aromatic N) is 1. The number of esters is 1. The van der Waals surface area contributed by atoms with Crippen molar-refractivity contribution in [3.8, 4) is 6.07 Å². The predicted octanol–water partition coefficient (Wildman–Crippen LogP) is 5.20. The average Bonchev–Trinajstić information content (AvgIpc) is 2.65. The molecule has 0 saturated carbocycles. The van der Waals surface area contributed by atoms with Crippen molar-refractivity contribution in [3.63, 3.8) is 0 Å². The van der Waals surface area contributed by atoms with Crippen LogP contribution in [0.3, 0.4) is 0 Å². The van der Waals surface area contributed by atoms with Crippen LogP contribution in [0, 0.1) is 11.3 Å². The lowest BCUT2D eigenvalue weighted by atomic mass is 10.1. The molecule has 0 radical (unpaired) electrons. The van der Waals surface area contributed by atoms with Crippen molar-refractivity contribution < 1.29 is 9.53 Å². The van der Waals surface area contributed by atoms with Gasteiger partial charge in [-0.1, -0.05) is 54.1 Å². The first-order valence-electron chi connectivity index (χ1n) is 7.62. The van der Waals surface area contributed by atoms with Gasteiger partial charge in [-0.05, 0) is 23.6 Å². The van der Waals surface area contributed by atoms with E-state index >= 15 is 0 Å². The minimum atomic E-state index is -0.332. The topological polar surface area (TPSA) is 50.1 Å². The average molecular weight is 368 g/mol. The van der Waals surface area contributed by atoms with E-state index in [0.29, 0.717) is 16.1 Å². The maximum Gasteiger partial charge on any atom is 0.316 e. The highest BCUT2D eigenvalue weighted by Gasteiger charge is 2.10. The molecule has 0 aromatic heterocycles. The van der Waals surface area contributed by atoms with Gasteiger partial charge in [0.1, 0.15) is 6.61 Å². The van der Waals surface area contributed by atoms with Crippen molar-refractivity contribution in [3.05, 3.63) is 76.8 Å². The van der Waals surface area contributed by atoms with Crippen molar-refractivity contribution in [1.29, 1.82) is 5.26 Å². The van der Waals surface area contributed by atoms with Gasteiger partial charge in [0, 0.05) is 20.9 Å². The summed E-state index contributed by atoms with van der Waals surface area (Å²) in [6.07, 6.45) is 0. The molecule has 0 aliphatic carbocycles. The highest BCUT2D eigenvalue weighted by atomic mass is 35.5. The van der Waals surface area contributed by atoms with Crippen molar-refractivity contribution in [2.45, 2.75) is 11.5 Å². The number of rotatable bonds is 5. The minimum absolute atomic E-state index is 0.0966. The van der Waals surface area contributed by atoms with Crippen LogP contribution in [0.15, 0.2) is 65.6 Å². The van der Waals surface area contributed by atoms with Gasteiger partial charge in [-0.15, -0.1) is 11.8 Å². The molecule has 0 amide bonds. The molecule has 0 fully saturated rings. The summed E-state index contributed by atoms with van der Waals surface area (Å²) >= 11 is 7.69. The number of carbonyl (C=O) groups excluding carboxylic acids is 1. The van der Waals surface area contributed by atoms with Crippen LogP contribution in [0.25, 0.3) is 10.8 Å². The zero-order chi connectivity index (χ0) is 17.6. The second-order valence-corrected chi connectivity index (χ2v) is 6.74. The van der Waals surface area contributed by atoms with Crippen LogP contribution >= 0.6 is 23.4 Å². The van der Waals surface area contributed by atoms with E-state index in [0.717, 1.165) is 15.7 Å². The SMILES string of the molecule is N#Cc1ccccc1COC(=O)CSc1cccc2cccc(Cl)c12. The van der Waals surface area contributed by atoms with Crippen LogP contribution in [0.1, 0.15) is 11.1 Å². The highest BCUT2D eigenvalue weighted by molar-refractivity contribution is 8.00. The molecule has 0 atom stereocenters. The molecular weight excluding hydrogens is 354 g/mol. The summed E-state index contributed by atoms with van der Waals surface area (Å²) in [5.74, 6) is -0.152. The maximum atomic E-state index is 12.1. The predicted molar refractivity (Wildman–Crippen MR) is 101 cm³/mol. The van der Waals surface area contributed by atoms with Crippen LogP contribution < -0.4 is 0 Å². The van der Waals surface area contributed by atoms with E-state index in [9.17, 15) is 4.79 Å². The molecule has 0 unspecified atom stereocenters. The normalized spacial score (nSPS) is 10.4. The summed E-state index contributed by atoms with van der Waals surface area (Å²) in [6.45, 7) is 0.0966. The highest BCUT2D eigenvalue weighted by Crippen LogP contribution is 2.33. The van der Waals surface area contributed by atoms with E-state index < -0.39 is 0 Å². The summed E-state index contributed by atoms with van der Waals surface area (Å²) < 4.78 is 5.29. The maximum absolute atomic E-state index is 12.1. The number of nitriles is 1. The van der Waals surface area contributed by atoms with Gasteiger partial charge in [0.05, 0.1) is 17.4 Å². The lowest BCUT2D eigenvalue weighted by Crippen LogP contribution is -2.08. The molecule has 0 N–H and O–H groups in total. The lowest BCUT2D eigenvalue weighted by molar-refractivity contribution is -0.141. The van der Waals surface area contributed by atoms with Crippen LogP contribution in [-0.2, 0) is 16.1 Å². The molecule has 3 aromatic rings. The number of hydrogen-bond acceptors (Lipinski definition) is 4. The molecule has 3 rings (SSSR count). The number of halogens is 1. The summed E-state index contributed by atoms with van der Waals surface area (Å²) in [4.78, 5) is 13.0. The zero-order valence-corrected chi connectivity index (χ0v) is 14.8. The molecular formula is C20H14ClNO2S. The summed E-state index contributed by atoms with van der Waals surface area (Å²) in [5.41, 5.74) is 1.22. The summed E-state index contributed by atoms with van der Waals surface area (Å²) in [7, 11) is 0. The Kier molecular flexibility index (Phi) is 5.60. The third kappa shape index (κ3) is 4.14. The number of fused-ring (bicyclic) bond motifs is 1. The van der Waals surface area contributed by atoms with Crippen molar-refractivity contribution in [2.75, 3.05) is 5.75 Å². The fourth-order valence-corrected chi connectivity index (χ4v) is 3.72. The fraction of sp³-hybridized carbons (Fsp3) is 0.100. The number of benzene rings is 3. The molecule has 0 saturated heterocycles. The molecule has 3 aromatic carbocycles. The Hall–Kier alpha value is -2.48. The molecule has 25 heavy (non-hydrogen) atoms. The van der Waals surface area contributed by atoms with Crippen LogP contribution in [0.2, 0.25) is 5.02 Å². The molecule has 3 nitrogen and oxygen atoms in total. The van der Waals surface area contributed by atoms with Gasteiger partial charge >= 0.3 is 5.97 Å². The van der Waals surface area contributed by atoms with Crippen LogP contribution in [0.5, 0.6) is 0 Å². The Balaban J connectivity index is 1.65. The van der Waals surface area contributed by atoms with Crippen LogP contribution in [0.4, 0.5) is 0 Å². The first-order valence-corrected chi connectivity index (χ1v) is 8.99. The van der Waals surface area contributed by atoms with Crippen molar-refractivity contribution in [2.24, 2.45) is 0 Å². The number of thioether (sulfide) groups is 1. The Morgan fingerprint density at radius 3 is 2.64 bits per heavy atom. The second kappa shape index (κ2) is 8.06. The molecule has 0 bridgehead atoms. The Labute approximate surface area is 155 Å². The Bertz CT molecular complexity index is 960. The first-order chi connectivity index (χ1) is 12.2. The number of hydrogen-bond donors (Lipinski definition) is 0. The van der Waals surface area contributed by atoms with Gasteiger partial charge < -0.3 is 4.74 Å². The first kappa shape index (κ1) is 17.3. The smallest absolute Gasteiger partial charge is 0.316 e. The van der Waals surface area contributed by atoms with Crippen molar-refractivity contribution in [1.82, 2.24) is 0 Å². The number of carbonyl (C=O) groups is 1. The number of ether oxygens (including phenoxy) is 1. The Morgan fingerprint density at radius 2 is 1.84 bits per heavy atom. The third-order valence-corrected chi connectivity index (χ3v) is 5.03. The van der Waals surface area contributed by atoms with Crippen LogP contribution in [-0.4, -0.2) is 11.7 Å². The molecule has 124 valence electrons. The summed E-state index contributed by atoms with van der Waals surface area (Å²) in [6, 6.07) is 20.8. The molecule has 0 heterocycles. The second-order valence-electron chi connectivity index (χ2n) is 5.31. The summed E-state index contributed by atoms with van der Waals surface area (Å²) in [5, 5.41) is 11.7. The molecule has 0 spiro atoms. The van der Waals surface area contributed by atoms with Gasteiger partial charge in [-0.25, -0.2) is 0 Å². The lowest BCUT2D eigenvalue weighted by Gasteiger charge is -2.09. The Morgan fingerprint density at radius 1 is 1.08 bits per heavy atom. The monoisotopic (exact) mass is 367 g/mol. The van der Waals surface area contributed by atoms with E-state index in [1.807, 2.05) is 42.5 Å². The zero-order valence-electron chi connectivity index (χ0n) is 13.2. The minimum Gasteiger partial charge on any atom is -0.460 e. The van der Waals surface area contributed by atoms with E-state index in [1.165, 1.54) is 11.8 Å². The van der Waals surface area contributed by atoms with E-state index in [4.69, 9.17) is 21.6 Å². The fourth-order valence-electron chi connectivity index (χ4n) is 2.47. The third-order valence-electron chi connectivity index (χ3n) is 3.69. The van der Waals surface area contributed by atoms with Crippen molar-refractivity contribution >= 4 is 40.1 Å². The van der Waals surface area contributed by atoms with Gasteiger partial charge in [0.25, 0.3) is 0 Å². The van der Waals surface area contributed by atoms with Gasteiger partial charge in [0.2, 0.25) is 0 Å². The molecule has 5 heteroatoms. The molecule has 0 aliphatic heterocycles. The molecule has 0 aliphatic rings. The largest absolute Gasteiger partial charge is 0.460 e. The van der Waals surface area contributed by atoms with Gasteiger partial charge in [-0.2, -0.15) is 5.26 Å². The standard InChI is InChI=1S/C20H14ClNO2S/c21-17-9-3-7-14-8-4-10-18(20(14)17)25-13-19(23)24-12-16-6-2-1-5-15(16)11-22/h1-10H,12-13H2. The van der Waals surface area contributed by atoms with E-state index in [-0.39, 0.29) is 18.3 Å². The van der Waals surface area contributed by atoms with Gasteiger partial charge in [-0.3, -0.25) is 4.79 Å².